The van der Waals surface area contributed by atoms with Crippen LogP contribution in [0.4, 0.5) is 5.69 Å². The largest absolute Gasteiger partial charge is 0.325 e. The zero-order chi connectivity index (χ0) is 22.1. The Kier molecular flexibility index (Phi) is 5.73. The van der Waals surface area contributed by atoms with E-state index in [9.17, 15) is 19.2 Å². The van der Waals surface area contributed by atoms with E-state index in [1.807, 2.05) is 12.1 Å². The molecular weight excluding hydrogens is 420 g/mol. The Balaban J connectivity index is 1.38. The molecule has 1 saturated heterocycles. The highest BCUT2D eigenvalue weighted by atomic mass is 35.5. The normalized spacial score (nSPS) is 18.1. The molecule has 2 aliphatic heterocycles. The molecule has 0 saturated carbocycles. The monoisotopic (exact) mass is 440 g/mol. The molecule has 160 valence electrons. The van der Waals surface area contributed by atoms with E-state index in [1.54, 1.807) is 25.3 Å². The van der Waals surface area contributed by atoms with Crippen LogP contribution in [0, 0.1) is 6.92 Å². The van der Waals surface area contributed by atoms with E-state index in [-0.39, 0.29) is 30.6 Å². The Labute approximate surface area is 184 Å². The number of anilines is 1. The van der Waals surface area contributed by atoms with Crippen molar-refractivity contribution in [2.45, 2.75) is 45.2 Å². The maximum Gasteiger partial charge on any atom is 0.255 e. The van der Waals surface area contributed by atoms with Gasteiger partial charge in [0.15, 0.2) is 0 Å². The van der Waals surface area contributed by atoms with Gasteiger partial charge in [0.05, 0.1) is 22.6 Å². The van der Waals surface area contributed by atoms with Crippen molar-refractivity contribution in [3.8, 4) is 0 Å². The van der Waals surface area contributed by atoms with Gasteiger partial charge in [0, 0.05) is 24.9 Å². The number of pyridine rings is 1. The summed E-state index contributed by atoms with van der Waals surface area (Å²) < 4.78 is 0. The average Bonchev–Trinajstić information content (AvgIpc) is 3.05. The van der Waals surface area contributed by atoms with Crippen molar-refractivity contribution in [3.63, 3.8) is 0 Å². The molecule has 2 aliphatic rings. The predicted octanol–water partition coefficient (Wildman–Crippen LogP) is 2.38. The second kappa shape index (κ2) is 8.47. The lowest BCUT2D eigenvalue weighted by Gasteiger charge is -2.29. The van der Waals surface area contributed by atoms with Crippen molar-refractivity contribution in [2.75, 3.05) is 5.32 Å². The quantitative estimate of drug-likeness (QED) is 0.694. The third-order valence-corrected chi connectivity index (χ3v) is 5.92. The number of nitrogens with one attached hydrogen (secondary N) is 2. The fourth-order valence-electron chi connectivity index (χ4n) is 3.81. The van der Waals surface area contributed by atoms with Crippen LogP contribution >= 0.6 is 11.6 Å². The molecule has 0 aliphatic carbocycles. The van der Waals surface area contributed by atoms with Crippen LogP contribution in [0.1, 0.15) is 46.4 Å². The van der Waals surface area contributed by atoms with E-state index in [1.165, 1.54) is 4.90 Å². The topological polar surface area (TPSA) is 108 Å². The first-order chi connectivity index (χ1) is 14.8. The van der Waals surface area contributed by atoms with Crippen molar-refractivity contribution >= 4 is 40.9 Å². The minimum Gasteiger partial charge on any atom is -0.325 e. The number of fused-ring (bicyclic) bond motifs is 1. The van der Waals surface area contributed by atoms with Crippen LogP contribution in [-0.4, -0.2) is 39.6 Å². The van der Waals surface area contributed by atoms with Crippen molar-refractivity contribution in [1.82, 2.24) is 15.2 Å². The lowest BCUT2D eigenvalue weighted by Crippen LogP contribution is -2.52. The van der Waals surface area contributed by atoms with E-state index in [4.69, 9.17) is 11.6 Å². The molecular formula is C22H21ClN4O4. The number of amides is 4. The van der Waals surface area contributed by atoms with Gasteiger partial charge in [-0.3, -0.25) is 29.5 Å². The summed E-state index contributed by atoms with van der Waals surface area (Å²) in [6.45, 7) is 2.12. The van der Waals surface area contributed by atoms with Crippen LogP contribution in [0.3, 0.4) is 0 Å². The number of piperidine rings is 1. The summed E-state index contributed by atoms with van der Waals surface area (Å²) in [4.78, 5) is 54.3. The minimum atomic E-state index is -0.637. The summed E-state index contributed by atoms with van der Waals surface area (Å²) >= 11 is 6.03. The molecule has 1 aromatic carbocycles. The minimum absolute atomic E-state index is 0.182. The number of aromatic nitrogens is 1. The average molecular weight is 441 g/mol. The van der Waals surface area contributed by atoms with Gasteiger partial charge in [-0.1, -0.05) is 23.7 Å². The van der Waals surface area contributed by atoms with Crippen molar-refractivity contribution in [1.29, 1.82) is 0 Å². The van der Waals surface area contributed by atoms with E-state index < -0.39 is 11.9 Å². The molecule has 4 amide bonds. The maximum absolute atomic E-state index is 12.9. The number of halogens is 1. The number of aryl methyl sites for hydroxylation is 2. The Morgan fingerprint density at radius 1 is 1.29 bits per heavy atom. The first-order valence-electron chi connectivity index (χ1n) is 10.0. The lowest BCUT2D eigenvalue weighted by molar-refractivity contribution is -0.137. The van der Waals surface area contributed by atoms with Gasteiger partial charge in [0.25, 0.3) is 5.91 Å². The molecule has 1 atom stereocenters. The zero-order valence-corrected chi connectivity index (χ0v) is 17.7. The summed E-state index contributed by atoms with van der Waals surface area (Å²) in [6, 6.07) is 6.54. The first kappa shape index (κ1) is 21.0. The fourth-order valence-corrected chi connectivity index (χ4v) is 3.98. The number of nitrogens with zero attached hydrogens (tertiary/aromatic N) is 2. The van der Waals surface area contributed by atoms with E-state index >= 15 is 0 Å². The Morgan fingerprint density at radius 3 is 2.84 bits per heavy atom. The molecule has 0 spiro atoms. The van der Waals surface area contributed by atoms with Crippen LogP contribution in [0.15, 0.2) is 30.5 Å². The van der Waals surface area contributed by atoms with Gasteiger partial charge in [0.1, 0.15) is 6.04 Å². The van der Waals surface area contributed by atoms with Gasteiger partial charge in [-0.05, 0) is 43.0 Å². The Morgan fingerprint density at radius 2 is 2.10 bits per heavy atom. The van der Waals surface area contributed by atoms with Crippen LogP contribution in [0.2, 0.25) is 5.02 Å². The number of benzene rings is 1. The Bertz CT molecular complexity index is 1100. The van der Waals surface area contributed by atoms with E-state index in [0.717, 1.165) is 11.1 Å². The summed E-state index contributed by atoms with van der Waals surface area (Å²) in [5, 5.41) is 5.54. The highest BCUT2D eigenvalue weighted by Gasteiger charge is 2.39. The smallest absolute Gasteiger partial charge is 0.255 e. The molecule has 9 heteroatoms. The molecule has 3 heterocycles. The zero-order valence-electron chi connectivity index (χ0n) is 16.9. The molecule has 31 heavy (non-hydrogen) atoms. The van der Waals surface area contributed by atoms with E-state index in [2.05, 4.69) is 15.6 Å². The van der Waals surface area contributed by atoms with Crippen molar-refractivity contribution < 1.29 is 19.2 Å². The molecule has 0 bridgehead atoms. The lowest BCUT2D eigenvalue weighted by atomic mass is 10.0. The van der Waals surface area contributed by atoms with Gasteiger partial charge < -0.3 is 10.2 Å². The molecule has 2 aromatic rings. The Hall–Kier alpha value is -3.26. The van der Waals surface area contributed by atoms with Crippen molar-refractivity contribution in [3.05, 3.63) is 57.9 Å². The first-order valence-corrected chi connectivity index (χ1v) is 10.4. The molecule has 1 aromatic heterocycles. The SMILES string of the molecule is Cc1ncc(NC(=O)CCc2ccc3c(c2)C(=O)N(C2CCC(=O)NC2=O)C3)cc1Cl. The molecule has 1 unspecified atom stereocenters. The van der Waals surface area contributed by atoms with Crippen molar-refractivity contribution in [2.24, 2.45) is 0 Å². The van der Waals surface area contributed by atoms with Gasteiger partial charge in [-0.25, -0.2) is 0 Å². The third kappa shape index (κ3) is 4.44. The van der Waals surface area contributed by atoms with Gasteiger partial charge in [0.2, 0.25) is 17.7 Å². The third-order valence-electron chi connectivity index (χ3n) is 5.54. The summed E-state index contributed by atoms with van der Waals surface area (Å²) in [5.41, 5.74) is 3.45. The number of hydrogen-bond acceptors (Lipinski definition) is 5. The summed E-state index contributed by atoms with van der Waals surface area (Å²) in [7, 11) is 0. The highest BCUT2D eigenvalue weighted by Crippen LogP contribution is 2.28. The standard InChI is InChI=1S/C22H21ClN4O4/c1-12-17(23)9-15(10-24-12)25-19(28)6-3-13-2-4-14-11-27(22(31)16(14)8-13)18-5-7-20(29)26-21(18)30/h2,4,8-10,18H,3,5-7,11H2,1H3,(H,25,28)(H,26,29,30). The van der Waals surface area contributed by atoms with Crippen LogP contribution in [0.25, 0.3) is 0 Å². The number of carbonyl (C=O) groups is 4. The van der Waals surface area contributed by atoms with E-state index in [0.29, 0.717) is 41.4 Å². The summed E-state index contributed by atoms with van der Waals surface area (Å²) in [6.07, 6.45) is 2.79. The molecule has 4 rings (SSSR count). The molecule has 1 fully saturated rings. The summed E-state index contributed by atoms with van der Waals surface area (Å²) in [5.74, 6) is -1.15. The number of imide groups is 1. The fraction of sp³-hybridized carbons (Fsp3) is 0.318. The van der Waals surface area contributed by atoms with Gasteiger partial charge >= 0.3 is 0 Å². The van der Waals surface area contributed by atoms with Gasteiger partial charge in [-0.2, -0.15) is 0 Å². The maximum atomic E-state index is 12.9. The number of carbonyl (C=O) groups excluding carboxylic acids is 4. The second-order valence-corrected chi connectivity index (χ2v) is 8.14. The number of rotatable bonds is 5. The number of hydrogen-bond donors (Lipinski definition) is 2. The molecule has 8 nitrogen and oxygen atoms in total. The van der Waals surface area contributed by atoms with Crippen LogP contribution < -0.4 is 10.6 Å². The predicted molar refractivity (Wildman–Crippen MR) is 113 cm³/mol. The van der Waals surface area contributed by atoms with Crippen LogP contribution in [0.5, 0.6) is 0 Å². The molecule has 2 N–H and O–H groups in total. The highest BCUT2D eigenvalue weighted by molar-refractivity contribution is 6.31. The van der Waals surface area contributed by atoms with Crippen LogP contribution in [-0.2, 0) is 27.3 Å². The second-order valence-electron chi connectivity index (χ2n) is 7.73. The van der Waals surface area contributed by atoms with Gasteiger partial charge in [-0.15, -0.1) is 0 Å². The molecule has 0 radical (unpaired) electrons.